The van der Waals surface area contributed by atoms with Gasteiger partial charge in [0.15, 0.2) is 5.78 Å². The molecule has 0 aliphatic heterocycles. The van der Waals surface area contributed by atoms with Crippen LogP contribution in [0.1, 0.15) is 61.0 Å². The van der Waals surface area contributed by atoms with E-state index in [1.807, 2.05) is 69.3 Å². The zero-order valence-electron chi connectivity index (χ0n) is 16.6. The maximum absolute atomic E-state index is 13.2. The van der Waals surface area contributed by atoms with E-state index < -0.39 is 5.41 Å². The number of hydrogen-bond donors (Lipinski definition) is 0. The van der Waals surface area contributed by atoms with E-state index in [0.29, 0.717) is 6.42 Å². The Morgan fingerprint density at radius 3 is 2.41 bits per heavy atom. The molecule has 3 rings (SSSR count). The normalized spacial score (nSPS) is 17.9. The van der Waals surface area contributed by atoms with Gasteiger partial charge in [0.05, 0.1) is 7.11 Å². The molecule has 27 heavy (non-hydrogen) atoms. The second-order valence-corrected chi connectivity index (χ2v) is 8.42. The Labute approximate surface area is 161 Å². The molecule has 0 saturated carbocycles. The Hall–Kier alpha value is -2.42. The van der Waals surface area contributed by atoms with Crippen molar-refractivity contribution in [2.75, 3.05) is 7.11 Å². The quantitative estimate of drug-likeness (QED) is 0.730. The molecule has 0 fully saturated rings. The first-order valence-electron chi connectivity index (χ1n) is 9.60. The van der Waals surface area contributed by atoms with Crippen molar-refractivity contribution in [2.24, 2.45) is 11.3 Å². The summed E-state index contributed by atoms with van der Waals surface area (Å²) in [4.78, 5) is 26.1. The number of benzene rings is 2. The highest BCUT2D eigenvalue weighted by Crippen LogP contribution is 2.39. The number of carbonyl (C=O) groups excluding carboxylic acids is 2. The molecule has 0 spiro atoms. The number of Topliss-reactive ketones (excluding diaryl/α,β-unsaturated/α-hetero) is 2. The van der Waals surface area contributed by atoms with Crippen LogP contribution in [0.2, 0.25) is 0 Å². The molecule has 2 atom stereocenters. The van der Waals surface area contributed by atoms with E-state index >= 15 is 0 Å². The van der Waals surface area contributed by atoms with Crippen LogP contribution < -0.4 is 4.74 Å². The van der Waals surface area contributed by atoms with Crippen LogP contribution in [0.5, 0.6) is 5.75 Å². The average molecular weight is 364 g/mol. The van der Waals surface area contributed by atoms with E-state index in [9.17, 15) is 9.59 Å². The number of fused-ring (bicyclic) bond motifs is 1. The summed E-state index contributed by atoms with van der Waals surface area (Å²) in [6, 6.07) is 15.7. The van der Waals surface area contributed by atoms with Crippen molar-refractivity contribution in [2.45, 2.75) is 46.0 Å². The minimum Gasteiger partial charge on any atom is -0.497 e. The maximum Gasteiger partial charge on any atom is 0.166 e. The molecule has 1 aliphatic rings. The summed E-state index contributed by atoms with van der Waals surface area (Å²) in [7, 11) is 1.64. The minimum absolute atomic E-state index is 0.108. The smallest absolute Gasteiger partial charge is 0.166 e. The molecule has 0 N–H and O–H groups in total. The number of carbonyl (C=O) groups is 2. The Morgan fingerprint density at radius 2 is 1.78 bits per heavy atom. The summed E-state index contributed by atoms with van der Waals surface area (Å²) >= 11 is 0. The van der Waals surface area contributed by atoms with Crippen molar-refractivity contribution < 1.29 is 14.3 Å². The van der Waals surface area contributed by atoms with Gasteiger partial charge in [0.25, 0.3) is 0 Å². The molecule has 3 nitrogen and oxygen atoms in total. The van der Waals surface area contributed by atoms with Gasteiger partial charge in [-0.1, -0.05) is 57.2 Å². The zero-order valence-corrected chi connectivity index (χ0v) is 16.6. The lowest BCUT2D eigenvalue weighted by atomic mass is 9.70. The van der Waals surface area contributed by atoms with Gasteiger partial charge >= 0.3 is 0 Å². The standard InChI is InChI=1S/C24H28O3/c1-24(2,3)22(25)15-21(17-9-12-18(27-4)13-10-17)20-14-11-16-7-5-6-8-19(16)23(20)26/h5-10,12-13,20-21H,11,14-15H2,1-4H3/t20-,21+/m0/s1. The molecule has 0 unspecified atom stereocenters. The Balaban J connectivity index is 1.96. The summed E-state index contributed by atoms with van der Waals surface area (Å²) in [5.41, 5.74) is 2.55. The van der Waals surface area contributed by atoms with E-state index in [1.165, 1.54) is 0 Å². The zero-order chi connectivity index (χ0) is 19.6. The fourth-order valence-electron chi connectivity index (χ4n) is 3.85. The molecular weight excluding hydrogens is 336 g/mol. The Kier molecular flexibility index (Phi) is 5.50. The van der Waals surface area contributed by atoms with Crippen molar-refractivity contribution in [3.05, 3.63) is 65.2 Å². The van der Waals surface area contributed by atoms with Crippen LogP contribution in [0.15, 0.2) is 48.5 Å². The summed E-state index contributed by atoms with van der Waals surface area (Å²) < 4.78 is 5.26. The molecule has 1 aliphatic carbocycles. The van der Waals surface area contributed by atoms with Gasteiger partial charge < -0.3 is 4.74 Å². The van der Waals surface area contributed by atoms with Gasteiger partial charge in [0.2, 0.25) is 0 Å². The average Bonchev–Trinajstić information content (AvgIpc) is 2.66. The van der Waals surface area contributed by atoms with Crippen LogP contribution in [-0.2, 0) is 11.2 Å². The first-order chi connectivity index (χ1) is 12.8. The summed E-state index contributed by atoms with van der Waals surface area (Å²) in [5.74, 6) is 0.859. The van der Waals surface area contributed by atoms with E-state index in [0.717, 1.165) is 35.3 Å². The second-order valence-electron chi connectivity index (χ2n) is 8.42. The van der Waals surface area contributed by atoms with Crippen molar-refractivity contribution in [1.29, 1.82) is 0 Å². The van der Waals surface area contributed by atoms with Crippen LogP contribution >= 0.6 is 0 Å². The molecule has 0 radical (unpaired) electrons. The Morgan fingerprint density at radius 1 is 1.11 bits per heavy atom. The third-order valence-electron chi connectivity index (χ3n) is 5.62. The van der Waals surface area contributed by atoms with Crippen LogP contribution in [0.25, 0.3) is 0 Å². The van der Waals surface area contributed by atoms with Crippen molar-refractivity contribution in [3.63, 3.8) is 0 Å². The Bertz CT molecular complexity index is 827. The number of ketones is 2. The lowest BCUT2D eigenvalue weighted by Crippen LogP contribution is -2.32. The van der Waals surface area contributed by atoms with Gasteiger partial charge in [0.1, 0.15) is 11.5 Å². The molecule has 0 bridgehead atoms. The van der Waals surface area contributed by atoms with Gasteiger partial charge in [-0.05, 0) is 36.1 Å². The number of hydrogen-bond acceptors (Lipinski definition) is 3. The second kappa shape index (κ2) is 7.67. The van der Waals surface area contributed by atoms with Gasteiger partial charge in [-0.3, -0.25) is 9.59 Å². The fraction of sp³-hybridized carbons (Fsp3) is 0.417. The largest absolute Gasteiger partial charge is 0.497 e. The fourth-order valence-corrected chi connectivity index (χ4v) is 3.85. The van der Waals surface area contributed by atoms with Crippen LogP contribution in [0, 0.1) is 11.3 Å². The van der Waals surface area contributed by atoms with Gasteiger partial charge in [-0.25, -0.2) is 0 Å². The van der Waals surface area contributed by atoms with Crippen LogP contribution in [-0.4, -0.2) is 18.7 Å². The van der Waals surface area contributed by atoms with Crippen molar-refractivity contribution in [3.8, 4) is 5.75 Å². The summed E-state index contributed by atoms with van der Waals surface area (Å²) in [6.07, 6.45) is 2.04. The highest BCUT2D eigenvalue weighted by Gasteiger charge is 2.37. The molecular formula is C24H28O3. The number of ether oxygens (including phenoxy) is 1. The molecule has 0 amide bonds. The lowest BCUT2D eigenvalue weighted by molar-refractivity contribution is -0.126. The number of methoxy groups -OCH3 is 1. The van der Waals surface area contributed by atoms with Gasteiger partial charge in [-0.15, -0.1) is 0 Å². The lowest BCUT2D eigenvalue weighted by Gasteiger charge is -2.32. The van der Waals surface area contributed by atoms with E-state index in [-0.39, 0.29) is 23.4 Å². The number of rotatable bonds is 5. The summed E-state index contributed by atoms with van der Waals surface area (Å²) in [5, 5.41) is 0. The summed E-state index contributed by atoms with van der Waals surface area (Å²) in [6.45, 7) is 5.83. The van der Waals surface area contributed by atoms with Crippen LogP contribution in [0.4, 0.5) is 0 Å². The molecule has 142 valence electrons. The van der Waals surface area contributed by atoms with Crippen LogP contribution in [0.3, 0.4) is 0 Å². The van der Waals surface area contributed by atoms with Gasteiger partial charge in [0, 0.05) is 29.2 Å². The van der Waals surface area contributed by atoms with Crippen molar-refractivity contribution in [1.82, 2.24) is 0 Å². The third kappa shape index (κ3) is 4.13. The van der Waals surface area contributed by atoms with E-state index in [2.05, 4.69) is 0 Å². The number of aryl methyl sites for hydroxylation is 1. The molecule has 0 saturated heterocycles. The first kappa shape index (κ1) is 19.3. The third-order valence-corrected chi connectivity index (χ3v) is 5.62. The van der Waals surface area contributed by atoms with Gasteiger partial charge in [-0.2, -0.15) is 0 Å². The predicted molar refractivity (Wildman–Crippen MR) is 107 cm³/mol. The molecule has 0 heterocycles. The highest BCUT2D eigenvalue weighted by molar-refractivity contribution is 6.01. The first-order valence-corrected chi connectivity index (χ1v) is 9.60. The van der Waals surface area contributed by atoms with Crippen molar-refractivity contribution >= 4 is 11.6 Å². The molecule has 2 aromatic carbocycles. The monoisotopic (exact) mass is 364 g/mol. The molecule has 2 aromatic rings. The molecule has 0 aromatic heterocycles. The maximum atomic E-state index is 13.2. The molecule has 3 heteroatoms. The predicted octanol–water partition coefficient (Wildman–Crippen LogP) is 5.23. The highest BCUT2D eigenvalue weighted by atomic mass is 16.5. The van der Waals surface area contributed by atoms with E-state index in [1.54, 1.807) is 7.11 Å². The topological polar surface area (TPSA) is 43.4 Å². The minimum atomic E-state index is -0.416. The van der Waals surface area contributed by atoms with E-state index in [4.69, 9.17) is 4.74 Å². The SMILES string of the molecule is COc1ccc([C@@H](CC(=O)C(C)(C)C)[C@@H]2CCc3ccccc3C2=O)cc1.